The molecule has 4 bridgehead atoms. The van der Waals surface area contributed by atoms with Gasteiger partial charge < -0.3 is 15.0 Å². The van der Waals surface area contributed by atoms with E-state index >= 15 is 0 Å². The number of carboxylic acids is 1. The number of nitrogens with one attached hydrogen (secondary N) is 1. The number of amides is 1. The fourth-order valence-electron chi connectivity index (χ4n) is 6.65. The topological polar surface area (TPSA) is 86.3 Å². The summed E-state index contributed by atoms with van der Waals surface area (Å²) in [6.45, 7) is 0.345. The van der Waals surface area contributed by atoms with Gasteiger partial charge in [-0.3, -0.25) is 4.79 Å². The Morgan fingerprint density at radius 3 is 2.44 bits per heavy atom. The van der Waals surface area contributed by atoms with Crippen molar-refractivity contribution >= 4 is 11.9 Å². The predicted molar refractivity (Wildman–Crippen MR) is 89.5 cm³/mol. The fraction of sp³-hybridized carbons (Fsp3) is 0.737. The van der Waals surface area contributed by atoms with E-state index in [1.807, 2.05) is 0 Å². The highest BCUT2D eigenvalue weighted by Crippen LogP contribution is 2.61. The van der Waals surface area contributed by atoms with Crippen molar-refractivity contribution in [2.24, 2.45) is 23.2 Å². The Bertz CT molecular complexity index is 690. The number of carbonyl (C=O) groups is 2. The summed E-state index contributed by atoms with van der Waals surface area (Å²) < 4.78 is 0. The van der Waals surface area contributed by atoms with Crippen molar-refractivity contribution in [1.82, 2.24) is 14.9 Å². The average Bonchev–Trinajstić information content (AvgIpc) is 2.99. The molecule has 0 saturated heterocycles. The summed E-state index contributed by atoms with van der Waals surface area (Å²) in [5, 5.41) is 9.62. The van der Waals surface area contributed by atoms with Crippen LogP contribution in [0.4, 0.5) is 0 Å². The van der Waals surface area contributed by atoms with E-state index in [0.29, 0.717) is 19.4 Å². The maximum Gasteiger partial charge on any atom is 0.326 e. The SMILES string of the molecule is O=C(O)[C@@H]1Cc2nc[nH]c2CN1C(=O)CC12CC3CC(CC(C3)C1)C2. The molecule has 4 fully saturated rings. The number of carboxylic acid groups (broad SMARTS) is 1. The molecule has 4 aliphatic carbocycles. The van der Waals surface area contributed by atoms with Gasteiger partial charge in [0.2, 0.25) is 5.91 Å². The molecular formula is C19H25N3O3. The van der Waals surface area contributed by atoms with Gasteiger partial charge in [0.1, 0.15) is 6.04 Å². The van der Waals surface area contributed by atoms with Gasteiger partial charge in [-0.2, -0.15) is 0 Å². The van der Waals surface area contributed by atoms with E-state index in [1.54, 1.807) is 11.2 Å². The molecule has 0 spiro atoms. The maximum absolute atomic E-state index is 13.2. The highest BCUT2D eigenvalue weighted by atomic mass is 16.4. The van der Waals surface area contributed by atoms with Gasteiger partial charge >= 0.3 is 5.97 Å². The number of H-pyrrole nitrogens is 1. The number of aromatic amines is 1. The third-order valence-corrected chi connectivity index (χ3v) is 7.20. The first-order valence-corrected chi connectivity index (χ1v) is 9.55. The third kappa shape index (κ3) is 2.49. The monoisotopic (exact) mass is 343 g/mol. The minimum Gasteiger partial charge on any atom is -0.480 e. The summed E-state index contributed by atoms with van der Waals surface area (Å²) in [6.07, 6.45) is 10.0. The Labute approximate surface area is 147 Å². The summed E-state index contributed by atoms with van der Waals surface area (Å²) in [4.78, 5) is 33.7. The molecule has 6 nitrogen and oxygen atoms in total. The second-order valence-electron chi connectivity index (χ2n) is 9.00. The predicted octanol–water partition coefficient (Wildman–Crippen LogP) is 2.35. The van der Waals surface area contributed by atoms with E-state index in [0.717, 1.165) is 29.1 Å². The van der Waals surface area contributed by atoms with E-state index < -0.39 is 12.0 Å². The second-order valence-corrected chi connectivity index (χ2v) is 9.00. The number of nitrogens with zero attached hydrogens (tertiary/aromatic N) is 2. The minimum atomic E-state index is -0.924. The number of hydrogen-bond donors (Lipinski definition) is 2. The Kier molecular flexibility index (Phi) is 3.28. The van der Waals surface area contributed by atoms with Gasteiger partial charge in [-0.05, 0) is 61.7 Å². The highest BCUT2D eigenvalue weighted by molar-refractivity contribution is 5.84. The number of aliphatic carboxylic acids is 1. The van der Waals surface area contributed by atoms with E-state index in [-0.39, 0.29) is 11.3 Å². The lowest BCUT2D eigenvalue weighted by Crippen LogP contribution is -2.52. The second kappa shape index (κ2) is 5.32. The van der Waals surface area contributed by atoms with Crippen molar-refractivity contribution in [3.63, 3.8) is 0 Å². The Balaban J connectivity index is 1.37. The maximum atomic E-state index is 13.2. The molecule has 25 heavy (non-hydrogen) atoms. The first kappa shape index (κ1) is 15.4. The van der Waals surface area contributed by atoms with Crippen molar-refractivity contribution < 1.29 is 14.7 Å². The molecule has 0 radical (unpaired) electrons. The normalized spacial score (nSPS) is 38.6. The molecule has 6 rings (SSSR count). The zero-order valence-corrected chi connectivity index (χ0v) is 14.4. The fourth-order valence-corrected chi connectivity index (χ4v) is 6.65. The molecule has 6 heteroatoms. The van der Waals surface area contributed by atoms with Crippen LogP contribution in [-0.2, 0) is 22.6 Å². The van der Waals surface area contributed by atoms with E-state index in [1.165, 1.54) is 38.5 Å². The number of fused-ring (bicyclic) bond motifs is 1. The summed E-state index contributed by atoms with van der Waals surface area (Å²) >= 11 is 0. The molecule has 5 aliphatic rings. The number of aromatic nitrogens is 2. The number of imidazole rings is 1. The summed E-state index contributed by atoms with van der Waals surface area (Å²) in [6, 6.07) is -0.780. The number of carbonyl (C=O) groups excluding carboxylic acids is 1. The standard InChI is InChI=1S/C19H25N3O3/c23-17(8-19-5-11-1-12(6-19)3-13(2-11)7-19)22-9-15-14(20-10-21-15)4-16(22)18(24)25/h10-13,16H,1-9H2,(H,20,21)(H,24,25)/t11?,12?,13?,16-,19?/m0/s1. The lowest BCUT2D eigenvalue weighted by molar-refractivity contribution is -0.155. The smallest absolute Gasteiger partial charge is 0.326 e. The summed E-state index contributed by atoms with van der Waals surface area (Å²) in [5.41, 5.74) is 1.81. The van der Waals surface area contributed by atoms with Gasteiger partial charge in [0.15, 0.2) is 0 Å². The first-order chi connectivity index (χ1) is 12.0. The van der Waals surface area contributed by atoms with Crippen molar-refractivity contribution in [1.29, 1.82) is 0 Å². The van der Waals surface area contributed by atoms with Crippen LogP contribution in [0.15, 0.2) is 6.33 Å². The van der Waals surface area contributed by atoms with Crippen molar-refractivity contribution in [2.45, 2.75) is 64.0 Å². The first-order valence-electron chi connectivity index (χ1n) is 9.55. The van der Waals surface area contributed by atoms with Crippen LogP contribution in [0.1, 0.15) is 56.3 Å². The average molecular weight is 343 g/mol. The van der Waals surface area contributed by atoms with Crippen LogP contribution in [0.5, 0.6) is 0 Å². The van der Waals surface area contributed by atoms with Gasteiger partial charge in [-0.1, -0.05) is 0 Å². The summed E-state index contributed by atoms with van der Waals surface area (Å²) in [5.74, 6) is 1.50. The van der Waals surface area contributed by atoms with Crippen LogP contribution < -0.4 is 0 Å². The summed E-state index contributed by atoms with van der Waals surface area (Å²) in [7, 11) is 0. The molecule has 4 saturated carbocycles. The van der Waals surface area contributed by atoms with Crippen molar-refractivity contribution in [2.75, 3.05) is 0 Å². The van der Waals surface area contributed by atoms with Gasteiger partial charge in [0.05, 0.1) is 24.3 Å². The van der Waals surface area contributed by atoms with Crippen LogP contribution in [0, 0.1) is 23.2 Å². The lowest BCUT2D eigenvalue weighted by atomic mass is 9.49. The Morgan fingerprint density at radius 1 is 1.20 bits per heavy atom. The van der Waals surface area contributed by atoms with Crippen LogP contribution in [0.25, 0.3) is 0 Å². The molecule has 1 aliphatic heterocycles. The zero-order chi connectivity index (χ0) is 17.2. The van der Waals surface area contributed by atoms with Crippen LogP contribution in [0.2, 0.25) is 0 Å². The molecular weight excluding hydrogens is 318 g/mol. The van der Waals surface area contributed by atoms with Gasteiger partial charge in [0.25, 0.3) is 0 Å². The minimum absolute atomic E-state index is 0.0228. The number of hydrogen-bond acceptors (Lipinski definition) is 3. The third-order valence-electron chi connectivity index (χ3n) is 7.20. The molecule has 0 aromatic carbocycles. The molecule has 134 valence electrons. The van der Waals surface area contributed by atoms with Crippen molar-refractivity contribution in [3.05, 3.63) is 17.7 Å². The lowest BCUT2D eigenvalue weighted by Gasteiger charge is -2.57. The number of rotatable bonds is 3. The Morgan fingerprint density at radius 2 is 1.84 bits per heavy atom. The molecule has 2 N–H and O–H groups in total. The van der Waals surface area contributed by atoms with E-state index in [4.69, 9.17) is 0 Å². The van der Waals surface area contributed by atoms with Crippen LogP contribution >= 0.6 is 0 Å². The van der Waals surface area contributed by atoms with Crippen LogP contribution in [0.3, 0.4) is 0 Å². The molecule has 1 amide bonds. The van der Waals surface area contributed by atoms with Gasteiger partial charge in [0, 0.05) is 12.8 Å². The van der Waals surface area contributed by atoms with Gasteiger partial charge in [-0.25, -0.2) is 9.78 Å². The molecule has 1 atom stereocenters. The molecule has 0 unspecified atom stereocenters. The largest absolute Gasteiger partial charge is 0.480 e. The van der Waals surface area contributed by atoms with E-state index in [2.05, 4.69) is 9.97 Å². The Hall–Kier alpha value is -1.85. The van der Waals surface area contributed by atoms with Crippen molar-refractivity contribution in [3.8, 4) is 0 Å². The zero-order valence-electron chi connectivity index (χ0n) is 14.4. The van der Waals surface area contributed by atoms with Crippen LogP contribution in [-0.4, -0.2) is 37.9 Å². The molecule has 2 heterocycles. The van der Waals surface area contributed by atoms with E-state index in [9.17, 15) is 14.7 Å². The van der Waals surface area contributed by atoms with Gasteiger partial charge in [-0.15, -0.1) is 0 Å². The molecule has 1 aromatic heterocycles. The molecule has 1 aromatic rings. The highest BCUT2D eigenvalue weighted by Gasteiger charge is 2.52. The quantitative estimate of drug-likeness (QED) is 0.882.